The van der Waals surface area contributed by atoms with Gasteiger partial charge in [0.05, 0.1) is 0 Å². The fourth-order valence-corrected chi connectivity index (χ4v) is 1.09. The van der Waals surface area contributed by atoms with Gasteiger partial charge < -0.3 is 16.2 Å². The summed E-state index contributed by atoms with van der Waals surface area (Å²) < 4.78 is 25.0. The highest BCUT2D eigenvalue weighted by molar-refractivity contribution is 5.73. The molecule has 0 bridgehead atoms. The number of anilines is 2. The zero-order valence-corrected chi connectivity index (χ0v) is 7.71. The van der Waals surface area contributed by atoms with Crippen LogP contribution in [0.5, 0.6) is 0 Å². The average Bonchev–Trinajstić information content (AvgIpc) is 2.15. The van der Waals surface area contributed by atoms with Crippen LogP contribution in [0, 0.1) is 0 Å². The number of rotatable bonds is 4. The van der Waals surface area contributed by atoms with Crippen molar-refractivity contribution in [3.8, 4) is 0 Å². The summed E-state index contributed by atoms with van der Waals surface area (Å²) in [5, 5.41) is 10.8. The monoisotopic (exact) mass is 216 g/mol. The normalized spacial score (nSPS) is 10.3. The van der Waals surface area contributed by atoms with Gasteiger partial charge in [-0.3, -0.25) is 4.79 Å². The number of benzene rings is 1. The molecule has 0 atom stereocenters. The molecule has 1 rings (SSSR count). The fourth-order valence-electron chi connectivity index (χ4n) is 1.09. The Balaban J connectivity index is 2.90. The maximum atomic E-state index is 12.5. The SMILES string of the molecule is Nc1ccc(NCC(=O)O)c(C(F)F)c1. The summed E-state index contributed by atoms with van der Waals surface area (Å²) in [5.41, 5.74) is 5.35. The number of halogens is 2. The number of nitrogens with one attached hydrogen (secondary N) is 1. The molecule has 0 saturated heterocycles. The van der Waals surface area contributed by atoms with Crippen molar-refractivity contribution in [2.45, 2.75) is 6.43 Å². The molecule has 0 saturated carbocycles. The van der Waals surface area contributed by atoms with E-state index >= 15 is 0 Å². The summed E-state index contributed by atoms with van der Waals surface area (Å²) in [4.78, 5) is 10.2. The van der Waals surface area contributed by atoms with Crippen LogP contribution in [-0.4, -0.2) is 17.6 Å². The number of aliphatic carboxylic acids is 1. The molecule has 0 aliphatic heterocycles. The average molecular weight is 216 g/mol. The number of hydrogen-bond acceptors (Lipinski definition) is 3. The minimum Gasteiger partial charge on any atom is -0.480 e. The first-order valence-corrected chi connectivity index (χ1v) is 4.14. The van der Waals surface area contributed by atoms with Gasteiger partial charge in [0.15, 0.2) is 0 Å². The molecule has 1 aromatic rings. The first-order valence-electron chi connectivity index (χ1n) is 4.14. The van der Waals surface area contributed by atoms with Crippen LogP contribution in [0.3, 0.4) is 0 Å². The van der Waals surface area contributed by atoms with E-state index in [9.17, 15) is 13.6 Å². The molecular weight excluding hydrogens is 206 g/mol. The van der Waals surface area contributed by atoms with Crippen molar-refractivity contribution in [3.05, 3.63) is 23.8 Å². The predicted octanol–water partition coefficient (Wildman–Crippen LogP) is 1.70. The maximum absolute atomic E-state index is 12.5. The van der Waals surface area contributed by atoms with Crippen molar-refractivity contribution in [1.29, 1.82) is 0 Å². The number of hydrogen-bond donors (Lipinski definition) is 3. The summed E-state index contributed by atoms with van der Waals surface area (Å²) in [6.45, 7) is -0.413. The van der Waals surface area contributed by atoms with E-state index in [2.05, 4.69) is 5.32 Å². The highest BCUT2D eigenvalue weighted by Gasteiger charge is 2.13. The maximum Gasteiger partial charge on any atom is 0.322 e. The molecule has 0 amide bonds. The van der Waals surface area contributed by atoms with E-state index in [1.165, 1.54) is 12.1 Å². The first-order chi connectivity index (χ1) is 7.00. The van der Waals surface area contributed by atoms with E-state index in [1.807, 2.05) is 0 Å². The third-order valence-corrected chi connectivity index (χ3v) is 1.74. The highest BCUT2D eigenvalue weighted by atomic mass is 19.3. The molecule has 0 aromatic heterocycles. The lowest BCUT2D eigenvalue weighted by molar-refractivity contribution is -0.134. The molecule has 0 aliphatic carbocycles. The van der Waals surface area contributed by atoms with Gasteiger partial charge in [-0.2, -0.15) is 0 Å². The Morgan fingerprint density at radius 3 is 2.73 bits per heavy atom. The molecule has 0 unspecified atom stereocenters. The van der Waals surface area contributed by atoms with Crippen LogP contribution < -0.4 is 11.1 Å². The summed E-state index contributed by atoms with van der Waals surface area (Å²) in [7, 11) is 0. The molecule has 15 heavy (non-hydrogen) atoms. The number of carboxylic acid groups (broad SMARTS) is 1. The summed E-state index contributed by atoms with van der Waals surface area (Å²) >= 11 is 0. The van der Waals surface area contributed by atoms with Crippen LogP contribution in [0.2, 0.25) is 0 Å². The fraction of sp³-hybridized carbons (Fsp3) is 0.222. The topological polar surface area (TPSA) is 75.3 Å². The van der Waals surface area contributed by atoms with Crippen LogP contribution in [0.4, 0.5) is 20.2 Å². The van der Waals surface area contributed by atoms with Gasteiger partial charge in [-0.15, -0.1) is 0 Å². The van der Waals surface area contributed by atoms with Gasteiger partial charge in [-0.1, -0.05) is 0 Å². The van der Waals surface area contributed by atoms with Gasteiger partial charge in [0.25, 0.3) is 6.43 Å². The number of alkyl halides is 2. The van der Waals surface area contributed by atoms with Gasteiger partial charge in [0.1, 0.15) is 6.54 Å². The van der Waals surface area contributed by atoms with Crippen molar-refractivity contribution in [3.63, 3.8) is 0 Å². The van der Waals surface area contributed by atoms with Crippen molar-refractivity contribution in [2.24, 2.45) is 0 Å². The van der Waals surface area contributed by atoms with Gasteiger partial charge in [-0.25, -0.2) is 8.78 Å². The lowest BCUT2D eigenvalue weighted by Crippen LogP contribution is -2.13. The van der Waals surface area contributed by atoms with Crippen LogP contribution in [0.25, 0.3) is 0 Å². The second-order valence-corrected chi connectivity index (χ2v) is 2.89. The largest absolute Gasteiger partial charge is 0.480 e. The molecule has 0 heterocycles. The number of nitrogen functional groups attached to an aromatic ring is 1. The Bertz CT molecular complexity index is 369. The molecule has 0 fully saturated rings. The van der Waals surface area contributed by atoms with E-state index in [0.717, 1.165) is 6.07 Å². The molecule has 0 aliphatic rings. The highest BCUT2D eigenvalue weighted by Crippen LogP contribution is 2.28. The number of carboxylic acids is 1. The quantitative estimate of drug-likeness (QED) is 0.669. The molecule has 4 N–H and O–H groups in total. The Morgan fingerprint density at radius 2 is 2.20 bits per heavy atom. The van der Waals surface area contributed by atoms with Gasteiger partial charge >= 0.3 is 5.97 Å². The molecule has 1 aromatic carbocycles. The Labute approximate surface area is 84.7 Å². The minimum atomic E-state index is -2.69. The third-order valence-electron chi connectivity index (χ3n) is 1.74. The Kier molecular flexibility index (Phi) is 3.43. The van der Waals surface area contributed by atoms with E-state index in [0.29, 0.717) is 0 Å². The van der Waals surface area contributed by atoms with Crippen LogP contribution in [0.1, 0.15) is 12.0 Å². The van der Waals surface area contributed by atoms with E-state index in [-0.39, 0.29) is 16.9 Å². The Hall–Kier alpha value is -1.85. The summed E-state index contributed by atoms with van der Waals surface area (Å²) in [6.07, 6.45) is -2.69. The lowest BCUT2D eigenvalue weighted by atomic mass is 10.1. The van der Waals surface area contributed by atoms with Gasteiger partial charge in [0, 0.05) is 16.9 Å². The van der Waals surface area contributed by atoms with Crippen LogP contribution in [0.15, 0.2) is 18.2 Å². The van der Waals surface area contributed by atoms with Crippen molar-refractivity contribution in [1.82, 2.24) is 0 Å². The van der Waals surface area contributed by atoms with Crippen molar-refractivity contribution in [2.75, 3.05) is 17.6 Å². The zero-order valence-electron chi connectivity index (χ0n) is 7.71. The van der Waals surface area contributed by atoms with Crippen molar-refractivity contribution < 1.29 is 18.7 Å². The lowest BCUT2D eigenvalue weighted by Gasteiger charge is -2.10. The van der Waals surface area contributed by atoms with Gasteiger partial charge in [-0.05, 0) is 18.2 Å². The molecule has 4 nitrogen and oxygen atoms in total. The van der Waals surface area contributed by atoms with Crippen LogP contribution in [-0.2, 0) is 4.79 Å². The molecule has 6 heteroatoms. The minimum absolute atomic E-state index is 0.0848. The smallest absolute Gasteiger partial charge is 0.322 e. The van der Waals surface area contributed by atoms with E-state index < -0.39 is 18.9 Å². The zero-order chi connectivity index (χ0) is 11.4. The van der Waals surface area contributed by atoms with Gasteiger partial charge in [0.2, 0.25) is 0 Å². The Morgan fingerprint density at radius 1 is 1.53 bits per heavy atom. The number of nitrogens with two attached hydrogens (primary N) is 1. The molecule has 0 spiro atoms. The number of carbonyl (C=O) groups is 1. The predicted molar refractivity (Wildman–Crippen MR) is 51.9 cm³/mol. The standard InChI is InChI=1S/C9H10F2N2O2/c10-9(11)6-3-5(12)1-2-7(6)13-4-8(14)15/h1-3,9,13H,4,12H2,(H,14,15). The first kappa shape index (κ1) is 11.2. The summed E-state index contributed by atoms with van der Waals surface area (Å²) in [6, 6.07) is 3.88. The molecular formula is C9H10F2N2O2. The van der Waals surface area contributed by atoms with E-state index in [1.54, 1.807) is 0 Å². The van der Waals surface area contributed by atoms with E-state index in [4.69, 9.17) is 10.8 Å². The second kappa shape index (κ2) is 4.59. The third kappa shape index (κ3) is 3.08. The second-order valence-electron chi connectivity index (χ2n) is 2.89. The van der Waals surface area contributed by atoms with Crippen molar-refractivity contribution >= 4 is 17.3 Å². The molecule has 0 radical (unpaired) electrons. The summed E-state index contributed by atoms with van der Waals surface area (Å²) in [5.74, 6) is -1.12. The molecule has 82 valence electrons. The van der Waals surface area contributed by atoms with Crippen LogP contribution >= 0.6 is 0 Å².